The second-order valence-electron chi connectivity index (χ2n) is 6.64. The minimum atomic E-state index is -0.965. The highest BCUT2D eigenvalue weighted by Crippen LogP contribution is 2.40. The van der Waals surface area contributed by atoms with E-state index in [1.54, 1.807) is 11.8 Å². The third kappa shape index (κ3) is 5.02. The Hall–Kier alpha value is -2.13. The standard InChI is InChI=1S/C19H22N2O5S2/c22-15(8-12-4-2-1-3-5-12)20-14-9-21-17(19(25)26)13(11-28-18(14)21)10-27-7-6-16(23)24/h1-5,14,18H,6-11H2,(H,20,22)(H,23,24)(H,25,26). The molecule has 2 atom stereocenters. The monoisotopic (exact) mass is 422 g/mol. The van der Waals surface area contributed by atoms with Crippen molar-refractivity contribution in [3.8, 4) is 0 Å². The molecular weight excluding hydrogens is 400 g/mol. The maximum absolute atomic E-state index is 12.3. The van der Waals surface area contributed by atoms with Crippen molar-refractivity contribution in [2.75, 3.05) is 23.8 Å². The molecular formula is C19H22N2O5S2. The largest absolute Gasteiger partial charge is 0.481 e. The fourth-order valence-electron chi connectivity index (χ4n) is 3.26. The van der Waals surface area contributed by atoms with Gasteiger partial charge in [-0.1, -0.05) is 30.3 Å². The molecule has 0 spiro atoms. The molecule has 2 unspecified atom stereocenters. The van der Waals surface area contributed by atoms with Crippen molar-refractivity contribution < 1.29 is 24.6 Å². The van der Waals surface area contributed by atoms with Crippen LogP contribution in [0.1, 0.15) is 12.0 Å². The van der Waals surface area contributed by atoms with Gasteiger partial charge in [0.25, 0.3) is 0 Å². The number of hydrogen-bond acceptors (Lipinski definition) is 6. The fourth-order valence-corrected chi connectivity index (χ4v) is 5.71. The highest BCUT2D eigenvalue weighted by atomic mass is 32.2. The van der Waals surface area contributed by atoms with Crippen LogP contribution in [0, 0.1) is 0 Å². The van der Waals surface area contributed by atoms with Crippen molar-refractivity contribution in [1.82, 2.24) is 10.2 Å². The number of amides is 1. The van der Waals surface area contributed by atoms with Crippen molar-refractivity contribution in [3.63, 3.8) is 0 Å². The van der Waals surface area contributed by atoms with Gasteiger partial charge in [-0.2, -0.15) is 11.8 Å². The summed E-state index contributed by atoms with van der Waals surface area (Å²) >= 11 is 3.06. The average molecular weight is 423 g/mol. The van der Waals surface area contributed by atoms with Crippen LogP contribution in [0.2, 0.25) is 0 Å². The number of rotatable bonds is 9. The van der Waals surface area contributed by atoms with Crippen molar-refractivity contribution in [1.29, 1.82) is 0 Å². The number of carboxylic acids is 2. The molecule has 2 aliphatic heterocycles. The number of carbonyl (C=O) groups is 3. The lowest BCUT2D eigenvalue weighted by Crippen LogP contribution is -2.66. The molecule has 0 bridgehead atoms. The molecule has 2 heterocycles. The third-order valence-corrected chi connectivity index (χ3v) is 7.07. The quantitative estimate of drug-likeness (QED) is 0.516. The predicted molar refractivity (Wildman–Crippen MR) is 109 cm³/mol. The maximum Gasteiger partial charge on any atom is 0.352 e. The van der Waals surface area contributed by atoms with E-state index in [4.69, 9.17) is 5.11 Å². The van der Waals surface area contributed by atoms with Crippen LogP contribution in [0.25, 0.3) is 0 Å². The Morgan fingerprint density at radius 2 is 1.96 bits per heavy atom. The molecule has 1 fully saturated rings. The number of carbonyl (C=O) groups excluding carboxylic acids is 1. The molecule has 150 valence electrons. The van der Waals surface area contributed by atoms with Gasteiger partial charge in [0, 0.05) is 23.8 Å². The number of benzene rings is 1. The first kappa shape index (κ1) is 20.6. The molecule has 3 rings (SSSR count). The molecule has 0 aromatic heterocycles. The molecule has 7 nitrogen and oxygen atoms in total. The molecule has 9 heteroatoms. The average Bonchev–Trinajstić information content (AvgIpc) is 2.63. The van der Waals surface area contributed by atoms with E-state index in [0.29, 0.717) is 35.9 Å². The van der Waals surface area contributed by atoms with Gasteiger partial charge in [-0.3, -0.25) is 9.59 Å². The van der Waals surface area contributed by atoms with Gasteiger partial charge >= 0.3 is 11.9 Å². The summed E-state index contributed by atoms with van der Waals surface area (Å²) in [6.07, 6.45) is 0.372. The number of fused-ring (bicyclic) bond motifs is 1. The lowest BCUT2D eigenvalue weighted by Gasteiger charge is -2.52. The van der Waals surface area contributed by atoms with E-state index in [1.165, 1.54) is 11.8 Å². The van der Waals surface area contributed by atoms with Gasteiger partial charge in [-0.15, -0.1) is 11.8 Å². The summed E-state index contributed by atoms with van der Waals surface area (Å²) in [6, 6.07) is 9.43. The molecule has 28 heavy (non-hydrogen) atoms. The van der Waals surface area contributed by atoms with Gasteiger partial charge in [0.15, 0.2) is 0 Å². The predicted octanol–water partition coefficient (Wildman–Crippen LogP) is 1.65. The molecule has 1 amide bonds. The molecule has 0 saturated carbocycles. The highest BCUT2D eigenvalue weighted by molar-refractivity contribution is 8.01. The topological polar surface area (TPSA) is 107 Å². The summed E-state index contributed by atoms with van der Waals surface area (Å²) in [4.78, 5) is 36.5. The number of nitrogens with one attached hydrogen (secondary N) is 1. The van der Waals surface area contributed by atoms with Gasteiger partial charge in [-0.05, 0) is 11.1 Å². The van der Waals surface area contributed by atoms with Crippen LogP contribution in [-0.2, 0) is 20.8 Å². The first-order valence-corrected chi connectivity index (χ1v) is 11.1. The van der Waals surface area contributed by atoms with Crippen LogP contribution in [0.15, 0.2) is 41.6 Å². The van der Waals surface area contributed by atoms with Crippen LogP contribution in [-0.4, -0.2) is 68.2 Å². The highest BCUT2D eigenvalue weighted by Gasteiger charge is 2.46. The lowest BCUT2D eigenvalue weighted by molar-refractivity contribution is -0.137. The van der Waals surface area contributed by atoms with Crippen molar-refractivity contribution in [3.05, 3.63) is 47.2 Å². The van der Waals surface area contributed by atoms with Crippen LogP contribution in [0.3, 0.4) is 0 Å². The minimum Gasteiger partial charge on any atom is -0.481 e. The lowest BCUT2D eigenvalue weighted by atomic mass is 10.0. The minimum absolute atomic E-state index is 0.0627. The number of hydrogen-bond donors (Lipinski definition) is 3. The van der Waals surface area contributed by atoms with Gasteiger partial charge in [0.2, 0.25) is 5.91 Å². The Morgan fingerprint density at radius 3 is 2.64 bits per heavy atom. The third-order valence-electron chi connectivity index (χ3n) is 4.59. The van der Waals surface area contributed by atoms with E-state index in [2.05, 4.69) is 5.32 Å². The first-order chi connectivity index (χ1) is 13.5. The van der Waals surface area contributed by atoms with E-state index >= 15 is 0 Å². The molecule has 0 aliphatic carbocycles. The van der Waals surface area contributed by atoms with Crippen molar-refractivity contribution in [2.45, 2.75) is 24.3 Å². The number of aliphatic carboxylic acids is 2. The molecule has 0 radical (unpaired) electrons. The number of nitrogens with zero attached hydrogens (tertiary/aromatic N) is 1. The fraction of sp³-hybridized carbons (Fsp3) is 0.421. The van der Waals surface area contributed by atoms with Gasteiger partial charge in [0.05, 0.1) is 24.3 Å². The summed E-state index contributed by atoms with van der Waals surface area (Å²) in [5, 5.41) is 21.3. The van der Waals surface area contributed by atoms with E-state index in [-0.39, 0.29) is 23.7 Å². The second-order valence-corrected chi connectivity index (χ2v) is 8.85. The van der Waals surface area contributed by atoms with Crippen LogP contribution >= 0.6 is 23.5 Å². The molecule has 2 aliphatic rings. The molecule has 1 saturated heterocycles. The summed E-state index contributed by atoms with van der Waals surface area (Å²) in [5.74, 6) is -0.336. The Bertz CT molecular complexity index is 784. The van der Waals surface area contributed by atoms with Crippen molar-refractivity contribution in [2.24, 2.45) is 0 Å². The summed E-state index contributed by atoms with van der Waals surface area (Å²) in [6.45, 7) is 0.475. The van der Waals surface area contributed by atoms with E-state index in [9.17, 15) is 19.5 Å². The summed E-state index contributed by atoms with van der Waals surface area (Å²) < 4.78 is 0. The van der Waals surface area contributed by atoms with Gasteiger partial charge in [0.1, 0.15) is 5.70 Å². The number of carboxylic acid groups (broad SMARTS) is 2. The Morgan fingerprint density at radius 1 is 1.21 bits per heavy atom. The van der Waals surface area contributed by atoms with E-state index in [1.807, 2.05) is 35.2 Å². The van der Waals surface area contributed by atoms with Crippen LogP contribution in [0.5, 0.6) is 0 Å². The first-order valence-electron chi connectivity index (χ1n) is 8.92. The van der Waals surface area contributed by atoms with E-state index < -0.39 is 11.9 Å². The molecule has 3 N–H and O–H groups in total. The zero-order valence-electron chi connectivity index (χ0n) is 15.2. The Kier molecular flexibility index (Phi) is 6.90. The molecule has 1 aromatic rings. The maximum atomic E-state index is 12.3. The zero-order valence-corrected chi connectivity index (χ0v) is 16.8. The Labute approximate surface area is 171 Å². The number of thioether (sulfide) groups is 2. The second kappa shape index (κ2) is 9.38. The normalized spacial score (nSPS) is 20.9. The summed E-state index contributed by atoms with van der Waals surface area (Å²) in [7, 11) is 0. The van der Waals surface area contributed by atoms with Gasteiger partial charge in [-0.25, -0.2) is 4.79 Å². The Balaban J connectivity index is 1.55. The smallest absolute Gasteiger partial charge is 0.352 e. The van der Waals surface area contributed by atoms with Gasteiger partial charge < -0.3 is 20.4 Å². The zero-order chi connectivity index (χ0) is 20.1. The van der Waals surface area contributed by atoms with Crippen molar-refractivity contribution >= 4 is 41.4 Å². The van der Waals surface area contributed by atoms with Crippen LogP contribution in [0.4, 0.5) is 0 Å². The SMILES string of the molecule is O=C(O)CCSCC1=C(C(=O)O)N2CC(NC(=O)Cc3ccccc3)C2SC1. The summed E-state index contributed by atoms with van der Waals surface area (Å²) in [5.41, 5.74) is 2.07. The van der Waals surface area contributed by atoms with Crippen LogP contribution < -0.4 is 5.32 Å². The molecule has 1 aromatic carbocycles. The van der Waals surface area contributed by atoms with E-state index in [0.717, 1.165) is 11.1 Å².